The van der Waals surface area contributed by atoms with E-state index in [0.717, 1.165) is 11.2 Å². The number of rotatable bonds is 2. The fourth-order valence-corrected chi connectivity index (χ4v) is 1.98. The molecule has 13 heavy (non-hydrogen) atoms. The molecule has 1 fully saturated rings. The Balaban J connectivity index is 2.29. The fourth-order valence-electron chi connectivity index (χ4n) is 1.82. The van der Waals surface area contributed by atoms with Gasteiger partial charge in [0.15, 0.2) is 5.11 Å². The predicted octanol–water partition coefficient (Wildman–Crippen LogP) is 0.563. The molecule has 0 radical (unpaired) electrons. The van der Waals surface area contributed by atoms with Crippen LogP contribution in [0.2, 0.25) is 0 Å². The topological polar surface area (TPSA) is 27.3 Å². The molecular weight excluding hydrogens is 182 g/mol. The summed E-state index contributed by atoms with van der Waals surface area (Å²) in [6.07, 6.45) is 3.70. The van der Waals surface area contributed by atoms with Gasteiger partial charge in [-0.1, -0.05) is 0 Å². The Bertz CT molecular complexity index is 182. The van der Waals surface area contributed by atoms with E-state index in [1.807, 2.05) is 7.05 Å². The minimum Gasteiger partial charge on any atom is -0.366 e. The Morgan fingerprint density at radius 3 is 2.54 bits per heavy atom. The van der Waals surface area contributed by atoms with Crippen LogP contribution in [0.5, 0.6) is 0 Å². The molecule has 1 aliphatic carbocycles. The van der Waals surface area contributed by atoms with Gasteiger partial charge < -0.3 is 15.5 Å². The van der Waals surface area contributed by atoms with E-state index < -0.39 is 0 Å². The highest BCUT2D eigenvalue weighted by molar-refractivity contribution is 7.80. The Hall–Kier alpha value is -0.350. The Morgan fingerprint density at radius 1 is 1.38 bits per heavy atom. The Kier molecular flexibility index (Phi) is 3.93. The summed E-state index contributed by atoms with van der Waals surface area (Å²) in [5, 5.41) is 7.02. The molecule has 0 aromatic rings. The van der Waals surface area contributed by atoms with Crippen molar-refractivity contribution in [2.75, 3.05) is 21.1 Å². The first-order valence-corrected chi connectivity index (χ1v) is 5.19. The van der Waals surface area contributed by atoms with Gasteiger partial charge in [-0.3, -0.25) is 0 Å². The maximum atomic E-state index is 5.06. The number of thiocarbonyl (C=S) groups is 1. The number of nitrogens with zero attached hydrogens (tertiary/aromatic N) is 1. The van der Waals surface area contributed by atoms with Gasteiger partial charge in [-0.05, 0) is 45.6 Å². The van der Waals surface area contributed by atoms with E-state index >= 15 is 0 Å². The van der Waals surface area contributed by atoms with E-state index in [9.17, 15) is 0 Å². The lowest BCUT2D eigenvalue weighted by atomic mass is 10.2. The van der Waals surface area contributed by atoms with Crippen LogP contribution in [0.25, 0.3) is 0 Å². The van der Waals surface area contributed by atoms with Crippen molar-refractivity contribution in [2.45, 2.75) is 31.3 Å². The fraction of sp³-hybridized carbons (Fsp3) is 0.889. The van der Waals surface area contributed by atoms with Crippen LogP contribution < -0.4 is 10.6 Å². The van der Waals surface area contributed by atoms with Crippen molar-refractivity contribution < 1.29 is 0 Å². The molecule has 2 atom stereocenters. The van der Waals surface area contributed by atoms with Crippen LogP contribution in [-0.4, -0.2) is 43.2 Å². The molecule has 1 rings (SSSR count). The summed E-state index contributed by atoms with van der Waals surface area (Å²) < 4.78 is 0. The molecule has 0 aliphatic heterocycles. The molecule has 0 aromatic carbocycles. The van der Waals surface area contributed by atoms with E-state index in [0.29, 0.717) is 6.04 Å². The highest BCUT2D eigenvalue weighted by Crippen LogP contribution is 2.22. The van der Waals surface area contributed by atoms with Gasteiger partial charge in [0.05, 0.1) is 0 Å². The van der Waals surface area contributed by atoms with Gasteiger partial charge in [-0.25, -0.2) is 0 Å². The lowest BCUT2D eigenvalue weighted by molar-refractivity contribution is 0.295. The third-order valence-electron chi connectivity index (χ3n) is 2.70. The quantitative estimate of drug-likeness (QED) is 0.639. The van der Waals surface area contributed by atoms with Crippen molar-refractivity contribution >= 4 is 17.3 Å². The average Bonchev–Trinajstić information content (AvgIpc) is 2.52. The lowest BCUT2D eigenvalue weighted by Gasteiger charge is -2.19. The van der Waals surface area contributed by atoms with Gasteiger partial charge in [-0.15, -0.1) is 0 Å². The third kappa shape index (κ3) is 3.12. The van der Waals surface area contributed by atoms with Crippen LogP contribution in [0.3, 0.4) is 0 Å². The van der Waals surface area contributed by atoms with Crippen LogP contribution >= 0.6 is 12.2 Å². The standard InChI is InChI=1S/C9H19N3S/c1-10-9(13)11-7-4-5-8(6-7)12(2)3/h7-8H,4-6H2,1-3H3,(H2,10,11,13). The molecule has 0 heterocycles. The van der Waals surface area contributed by atoms with Crippen molar-refractivity contribution in [3.05, 3.63) is 0 Å². The average molecular weight is 201 g/mol. The molecule has 0 saturated heterocycles. The number of hydrogen-bond donors (Lipinski definition) is 2. The molecule has 0 aromatic heterocycles. The number of hydrogen-bond acceptors (Lipinski definition) is 2. The SMILES string of the molecule is CNC(=S)NC1CCC(N(C)C)C1. The zero-order valence-corrected chi connectivity index (χ0v) is 9.45. The summed E-state index contributed by atoms with van der Waals surface area (Å²) in [4.78, 5) is 2.30. The first-order valence-electron chi connectivity index (χ1n) is 4.78. The summed E-state index contributed by atoms with van der Waals surface area (Å²) in [6.45, 7) is 0. The summed E-state index contributed by atoms with van der Waals surface area (Å²) in [5.41, 5.74) is 0. The van der Waals surface area contributed by atoms with E-state index in [1.165, 1.54) is 19.3 Å². The molecule has 0 amide bonds. The highest BCUT2D eigenvalue weighted by Gasteiger charge is 2.25. The van der Waals surface area contributed by atoms with Crippen LogP contribution in [0, 0.1) is 0 Å². The van der Waals surface area contributed by atoms with Crippen molar-refractivity contribution in [1.82, 2.24) is 15.5 Å². The maximum absolute atomic E-state index is 5.06. The molecule has 4 heteroatoms. The first kappa shape index (κ1) is 10.7. The van der Waals surface area contributed by atoms with Crippen LogP contribution in [0.4, 0.5) is 0 Å². The molecule has 2 unspecified atom stereocenters. The molecule has 1 aliphatic rings. The molecule has 2 N–H and O–H groups in total. The zero-order valence-electron chi connectivity index (χ0n) is 8.63. The van der Waals surface area contributed by atoms with Gasteiger partial charge in [-0.2, -0.15) is 0 Å². The van der Waals surface area contributed by atoms with Crippen molar-refractivity contribution in [1.29, 1.82) is 0 Å². The predicted molar refractivity (Wildman–Crippen MR) is 59.9 cm³/mol. The summed E-state index contributed by atoms with van der Waals surface area (Å²) >= 11 is 5.06. The first-order chi connectivity index (χ1) is 6.13. The largest absolute Gasteiger partial charge is 0.366 e. The Morgan fingerprint density at radius 2 is 2.08 bits per heavy atom. The van der Waals surface area contributed by atoms with Crippen LogP contribution in [0.1, 0.15) is 19.3 Å². The van der Waals surface area contributed by atoms with E-state index in [2.05, 4.69) is 29.6 Å². The van der Waals surface area contributed by atoms with Gasteiger partial charge in [0, 0.05) is 19.1 Å². The normalized spacial score (nSPS) is 27.7. The van der Waals surface area contributed by atoms with Gasteiger partial charge >= 0.3 is 0 Å². The zero-order chi connectivity index (χ0) is 9.84. The summed E-state index contributed by atoms with van der Waals surface area (Å²) in [6, 6.07) is 1.28. The van der Waals surface area contributed by atoms with E-state index in [-0.39, 0.29) is 0 Å². The molecule has 0 spiro atoms. The highest BCUT2D eigenvalue weighted by atomic mass is 32.1. The van der Waals surface area contributed by atoms with Crippen molar-refractivity contribution in [2.24, 2.45) is 0 Å². The second-order valence-corrected chi connectivity index (χ2v) is 4.26. The van der Waals surface area contributed by atoms with Gasteiger partial charge in [0.1, 0.15) is 0 Å². The second kappa shape index (κ2) is 4.77. The van der Waals surface area contributed by atoms with Gasteiger partial charge in [0.25, 0.3) is 0 Å². The van der Waals surface area contributed by atoms with E-state index in [4.69, 9.17) is 12.2 Å². The monoisotopic (exact) mass is 201 g/mol. The summed E-state index contributed by atoms with van der Waals surface area (Å²) in [7, 11) is 6.14. The van der Waals surface area contributed by atoms with Crippen molar-refractivity contribution in [3.63, 3.8) is 0 Å². The Labute approximate surface area is 85.9 Å². The second-order valence-electron chi connectivity index (χ2n) is 3.85. The summed E-state index contributed by atoms with van der Waals surface area (Å²) in [5.74, 6) is 0. The minimum absolute atomic E-state index is 0.562. The third-order valence-corrected chi connectivity index (χ3v) is 3.02. The molecule has 1 saturated carbocycles. The van der Waals surface area contributed by atoms with Gasteiger partial charge in [0.2, 0.25) is 0 Å². The lowest BCUT2D eigenvalue weighted by Crippen LogP contribution is -2.39. The molecule has 76 valence electrons. The van der Waals surface area contributed by atoms with Crippen LogP contribution in [-0.2, 0) is 0 Å². The minimum atomic E-state index is 0.562. The molecule has 3 nitrogen and oxygen atoms in total. The smallest absolute Gasteiger partial charge is 0.166 e. The maximum Gasteiger partial charge on any atom is 0.166 e. The number of nitrogens with one attached hydrogen (secondary N) is 2. The molecular formula is C9H19N3S. The van der Waals surface area contributed by atoms with Crippen molar-refractivity contribution in [3.8, 4) is 0 Å². The van der Waals surface area contributed by atoms with Crippen LogP contribution in [0.15, 0.2) is 0 Å². The van der Waals surface area contributed by atoms with E-state index in [1.54, 1.807) is 0 Å². The molecule has 0 bridgehead atoms.